The quantitative estimate of drug-likeness (QED) is 0.436. The Balaban J connectivity index is 0. The monoisotopic (exact) mass is 239 g/mol. The molecule has 1 nitrogen and oxygen atoms in total. The molecule has 5 heteroatoms. The molecule has 0 saturated heterocycles. The van der Waals surface area contributed by atoms with Gasteiger partial charge in [-0.1, -0.05) is 0 Å². The number of hydrogen-bond donors (Lipinski definition) is 0. The maximum Gasteiger partial charge on any atom is 3.00 e. The van der Waals surface area contributed by atoms with Gasteiger partial charge in [0.05, 0.1) is 8.41 Å². The van der Waals surface area contributed by atoms with Crippen molar-refractivity contribution in [1.82, 2.24) is 0 Å². The smallest absolute Gasteiger partial charge is 3.00 e. The van der Waals surface area contributed by atoms with Gasteiger partial charge in [-0.25, -0.2) is 0 Å². The van der Waals surface area contributed by atoms with Gasteiger partial charge in [-0.15, -0.1) is 0 Å². The molecule has 0 atom stereocenters. The number of rotatable bonds is 0. The standard InChI is InChI=1S/Al.BH3.Ga.In.N/h;1H3;;;/q;;;+3;-3. The molecule has 0 spiro atoms. The molecule has 0 bridgehead atoms. The summed E-state index contributed by atoms with van der Waals surface area (Å²) in [5.74, 6) is 0. The summed E-state index contributed by atoms with van der Waals surface area (Å²) in [5, 5.41) is 0. The van der Waals surface area contributed by atoms with Crippen molar-refractivity contribution in [2.45, 2.75) is 0 Å². The van der Waals surface area contributed by atoms with Gasteiger partial charge in [0.1, 0.15) is 0 Å². The van der Waals surface area contributed by atoms with E-state index in [0.29, 0.717) is 0 Å². The summed E-state index contributed by atoms with van der Waals surface area (Å²) in [4.78, 5) is 0. The first-order chi connectivity index (χ1) is 0. The molecule has 0 N–H and O–H groups in total. The van der Waals surface area contributed by atoms with Crippen molar-refractivity contribution in [3.05, 3.63) is 6.15 Å². The van der Waals surface area contributed by atoms with Crippen molar-refractivity contribution in [1.29, 1.82) is 0 Å². The van der Waals surface area contributed by atoms with E-state index in [1.54, 1.807) is 0 Å². The van der Waals surface area contributed by atoms with E-state index in [1.807, 2.05) is 0 Å². The van der Waals surface area contributed by atoms with Gasteiger partial charge in [-0.2, -0.15) is 0 Å². The van der Waals surface area contributed by atoms with Crippen LogP contribution < -0.4 is 0 Å². The topological polar surface area (TPSA) is 30.5 Å². The fourth-order valence-electron chi connectivity index (χ4n) is 0. The summed E-state index contributed by atoms with van der Waals surface area (Å²) in [6, 6.07) is 0. The molecule has 0 aliphatic rings. The molecule has 0 aliphatic heterocycles. The summed E-state index contributed by atoms with van der Waals surface area (Å²) < 4.78 is 0. The Morgan fingerprint density at radius 1 is 1.00 bits per heavy atom. The van der Waals surface area contributed by atoms with Crippen molar-refractivity contribution in [2.75, 3.05) is 0 Å². The Kier molecular flexibility index (Phi) is 445. The fourth-order valence-corrected chi connectivity index (χ4v) is 0. The van der Waals surface area contributed by atoms with Crippen LogP contribution in [0.25, 0.3) is 6.15 Å². The first-order valence-corrected chi connectivity index (χ1v) is 0. The summed E-state index contributed by atoms with van der Waals surface area (Å²) in [6.07, 6.45) is 0. The Morgan fingerprint density at radius 2 is 1.00 bits per heavy atom. The van der Waals surface area contributed by atoms with Crippen molar-refractivity contribution >= 4 is 71.4 Å². The van der Waals surface area contributed by atoms with E-state index in [2.05, 4.69) is 0 Å². The molecule has 20 valence electrons. The second-order valence-electron chi connectivity index (χ2n) is 0. The van der Waals surface area contributed by atoms with Gasteiger partial charge in [0.2, 0.25) is 0 Å². The minimum atomic E-state index is 0. The molecule has 0 aromatic rings. The van der Waals surface area contributed by atoms with E-state index in [0.717, 1.165) is 0 Å². The SMILES string of the molecule is B.[Al].[Ga].[In+3].[N-3]. The summed E-state index contributed by atoms with van der Waals surface area (Å²) >= 11 is 0. The summed E-state index contributed by atoms with van der Waals surface area (Å²) in [7, 11) is 0. The van der Waals surface area contributed by atoms with E-state index in [4.69, 9.17) is 0 Å². The molecule has 0 unspecified atom stereocenters. The predicted octanol–water partition coefficient (Wildman–Crippen LogP) is -2.04. The van der Waals surface area contributed by atoms with Crippen LogP contribution in [0.5, 0.6) is 0 Å². The molecule has 0 heterocycles. The van der Waals surface area contributed by atoms with E-state index >= 15 is 0 Å². The zero-order chi connectivity index (χ0) is 0. The van der Waals surface area contributed by atoms with E-state index < -0.39 is 0 Å². The van der Waals surface area contributed by atoms with Gasteiger partial charge < -0.3 is 6.15 Å². The Labute approximate surface area is 76.8 Å². The van der Waals surface area contributed by atoms with Gasteiger partial charge in [-0.3, -0.25) is 0 Å². The van der Waals surface area contributed by atoms with Crippen LogP contribution in [0.2, 0.25) is 0 Å². The fraction of sp³-hybridized carbons (Fsp3) is 0. The van der Waals surface area contributed by atoms with Gasteiger partial charge in [0.25, 0.3) is 0 Å². The zero-order valence-electron chi connectivity index (χ0n) is 2.18. The zero-order valence-corrected chi connectivity index (χ0v) is 9.05. The van der Waals surface area contributed by atoms with Crippen molar-refractivity contribution in [2.24, 2.45) is 0 Å². The molecule has 5 heavy (non-hydrogen) atoms. The van der Waals surface area contributed by atoms with Gasteiger partial charge in [-0.05, 0) is 0 Å². The Morgan fingerprint density at radius 3 is 1.00 bits per heavy atom. The van der Waals surface area contributed by atoms with Crippen LogP contribution >= 0.6 is 0 Å². The number of hydrogen-bond acceptors (Lipinski definition) is 0. The maximum absolute atomic E-state index is 0. The number of nitrogens with zero attached hydrogens (tertiary/aromatic N) is 1. The minimum absolute atomic E-state index is 0. The van der Waals surface area contributed by atoms with Crippen LogP contribution in [0.1, 0.15) is 0 Å². The van der Waals surface area contributed by atoms with Crippen LogP contribution in [-0.4, -0.2) is 71.4 Å². The second kappa shape index (κ2) is 36.5. The van der Waals surface area contributed by atoms with Gasteiger partial charge >= 0.3 is 25.8 Å². The predicted molar refractivity (Wildman–Crippen MR) is 30.6 cm³/mol. The third kappa shape index (κ3) is 23.5. The Bertz CT molecular complexity index is 11.6. The molecule has 6 radical (unpaired) electrons. The van der Waals surface area contributed by atoms with E-state index in [1.165, 1.54) is 0 Å². The van der Waals surface area contributed by atoms with Crippen LogP contribution in [0.4, 0.5) is 0 Å². The maximum atomic E-state index is 0. The van der Waals surface area contributed by atoms with E-state index in [-0.39, 0.29) is 77.6 Å². The van der Waals surface area contributed by atoms with Crippen LogP contribution in [-0.2, 0) is 0 Å². The molecule has 0 fully saturated rings. The minimum Gasteiger partial charge on any atom is -3.00 e. The normalized spacial score (nSPS) is 0. The molecular formula is H3AlBGaInN. The molecule has 0 aliphatic carbocycles. The third-order valence-corrected chi connectivity index (χ3v) is 0. The Hall–Kier alpha value is 2.06. The second-order valence-corrected chi connectivity index (χ2v) is 0. The van der Waals surface area contributed by atoms with Gasteiger partial charge in [0, 0.05) is 37.2 Å². The first-order valence-electron chi connectivity index (χ1n) is 0. The molecule has 0 saturated carbocycles. The van der Waals surface area contributed by atoms with E-state index in [9.17, 15) is 0 Å². The largest absolute Gasteiger partial charge is 3.00 e. The molecule has 0 amide bonds. The molecule has 0 aromatic heterocycles. The van der Waals surface area contributed by atoms with Crippen LogP contribution in [0.3, 0.4) is 0 Å². The molecule has 0 rings (SSSR count). The first kappa shape index (κ1) is 61.0. The summed E-state index contributed by atoms with van der Waals surface area (Å²) in [5.41, 5.74) is 0. The molecular weight excluding hydrogens is 236 g/mol. The average molecular weight is 239 g/mol. The van der Waals surface area contributed by atoms with Gasteiger partial charge in [0.15, 0.2) is 0 Å². The third-order valence-electron chi connectivity index (χ3n) is 0. The van der Waals surface area contributed by atoms with Crippen molar-refractivity contribution in [3.63, 3.8) is 0 Å². The average Bonchev–Trinajstić information content (AvgIpc) is 0. The summed E-state index contributed by atoms with van der Waals surface area (Å²) in [6.45, 7) is 0. The van der Waals surface area contributed by atoms with Crippen molar-refractivity contribution < 1.29 is 0 Å². The van der Waals surface area contributed by atoms with Crippen LogP contribution in [0.15, 0.2) is 0 Å². The van der Waals surface area contributed by atoms with Crippen LogP contribution in [0, 0.1) is 0 Å². The molecule has 0 aromatic carbocycles. The van der Waals surface area contributed by atoms with Crippen molar-refractivity contribution in [3.8, 4) is 0 Å².